The summed E-state index contributed by atoms with van der Waals surface area (Å²) in [6.45, 7) is 7.32. The molecule has 0 spiro atoms. The molecule has 1 amide bonds. The first-order valence-electron chi connectivity index (χ1n) is 6.88. The zero-order valence-electron chi connectivity index (χ0n) is 11.2. The summed E-state index contributed by atoms with van der Waals surface area (Å²) in [5.41, 5.74) is 0. The van der Waals surface area contributed by atoms with Crippen molar-refractivity contribution >= 4 is 5.91 Å². The number of piperazine rings is 1. The van der Waals surface area contributed by atoms with Crippen molar-refractivity contribution in [1.29, 1.82) is 0 Å². The van der Waals surface area contributed by atoms with E-state index in [0.29, 0.717) is 12.5 Å². The molecule has 4 nitrogen and oxygen atoms in total. The number of carbonyl (C=O) groups excluding carboxylic acids is 1. The Kier molecular flexibility index (Phi) is 4.62. The average molecular weight is 249 g/mol. The Morgan fingerprint density at radius 1 is 1.39 bits per heavy atom. The molecule has 2 atom stereocenters. The van der Waals surface area contributed by atoms with Gasteiger partial charge in [-0.1, -0.05) is 12.8 Å². The molecule has 2 saturated heterocycles. The predicted molar refractivity (Wildman–Crippen MR) is 72.0 cm³/mol. The van der Waals surface area contributed by atoms with Gasteiger partial charge in [0.25, 0.3) is 0 Å². The number of hydrogen-bond acceptors (Lipinski definition) is 3. The molecular formula is C14H23N3O. The van der Waals surface area contributed by atoms with E-state index in [0.717, 1.165) is 39.1 Å². The second kappa shape index (κ2) is 6.21. The molecular weight excluding hydrogens is 226 g/mol. The average Bonchev–Trinajstić information content (AvgIpc) is 2.39. The minimum absolute atomic E-state index is 0.0351. The molecule has 2 aliphatic rings. The van der Waals surface area contributed by atoms with E-state index in [2.05, 4.69) is 23.1 Å². The van der Waals surface area contributed by atoms with Crippen molar-refractivity contribution < 1.29 is 4.79 Å². The molecule has 18 heavy (non-hydrogen) atoms. The highest BCUT2D eigenvalue weighted by Crippen LogP contribution is 2.17. The van der Waals surface area contributed by atoms with Crippen LogP contribution >= 0.6 is 0 Å². The summed E-state index contributed by atoms with van der Waals surface area (Å²) in [7, 11) is 0. The minimum atomic E-state index is 0.0351. The van der Waals surface area contributed by atoms with Crippen LogP contribution in [0, 0.1) is 18.3 Å². The molecule has 0 aliphatic carbocycles. The van der Waals surface area contributed by atoms with E-state index in [1.165, 1.54) is 6.42 Å². The van der Waals surface area contributed by atoms with Crippen LogP contribution in [0.2, 0.25) is 0 Å². The van der Waals surface area contributed by atoms with Crippen LogP contribution < -0.4 is 5.32 Å². The fraction of sp³-hybridized carbons (Fsp3) is 0.786. The van der Waals surface area contributed by atoms with Crippen molar-refractivity contribution in [1.82, 2.24) is 15.1 Å². The van der Waals surface area contributed by atoms with Crippen molar-refractivity contribution in [3.05, 3.63) is 0 Å². The third-order valence-corrected chi connectivity index (χ3v) is 3.96. The van der Waals surface area contributed by atoms with Crippen LogP contribution in [0.4, 0.5) is 0 Å². The third kappa shape index (κ3) is 3.24. The zero-order chi connectivity index (χ0) is 13.0. The SMILES string of the molecule is C#CCN1CCN(C(=O)C2CC(C)CCN2)CC1. The van der Waals surface area contributed by atoms with Gasteiger partial charge in [0, 0.05) is 26.2 Å². The van der Waals surface area contributed by atoms with Crippen molar-refractivity contribution in [2.45, 2.75) is 25.8 Å². The highest BCUT2D eigenvalue weighted by atomic mass is 16.2. The Balaban J connectivity index is 1.82. The van der Waals surface area contributed by atoms with Crippen LogP contribution in [-0.4, -0.2) is 61.0 Å². The molecule has 2 unspecified atom stereocenters. The van der Waals surface area contributed by atoms with Gasteiger partial charge in [0.05, 0.1) is 12.6 Å². The first kappa shape index (κ1) is 13.4. The van der Waals surface area contributed by atoms with Crippen molar-refractivity contribution in [3.8, 4) is 12.3 Å². The number of nitrogens with zero attached hydrogens (tertiary/aromatic N) is 2. The molecule has 1 N–H and O–H groups in total. The maximum Gasteiger partial charge on any atom is 0.239 e. The molecule has 0 radical (unpaired) electrons. The summed E-state index contributed by atoms with van der Waals surface area (Å²) in [5.74, 6) is 3.60. The summed E-state index contributed by atoms with van der Waals surface area (Å²) in [6, 6.07) is 0.0351. The van der Waals surface area contributed by atoms with Gasteiger partial charge in [-0.2, -0.15) is 0 Å². The molecule has 100 valence electrons. The fourth-order valence-corrected chi connectivity index (χ4v) is 2.77. The molecule has 0 aromatic rings. The number of rotatable bonds is 2. The van der Waals surface area contributed by atoms with E-state index >= 15 is 0 Å². The topological polar surface area (TPSA) is 35.6 Å². The molecule has 2 heterocycles. The quantitative estimate of drug-likeness (QED) is 0.708. The summed E-state index contributed by atoms with van der Waals surface area (Å²) in [4.78, 5) is 16.6. The van der Waals surface area contributed by atoms with Gasteiger partial charge in [-0.15, -0.1) is 6.42 Å². The van der Waals surface area contributed by atoms with E-state index in [-0.39, 0.29) is 11.9 Å². The molecule has 2 fully saturated rings. The second-order valence-corrected chi connectivity index (χ2v) is 5.44. The van der Waals surface area contributed by atoms with Gasteiger partial charge in [-0.25, -0.2) is 0 Å². The number of hydrogen-bond donors (Lipinski definition) is 1. The van der Waals surface area contributed by atoms with Crippen molar-refractivity contribution in [2.75, 3.05) is 39.3 Å². The Labute approximate surface area is 110 Å². The fourth-order valence-electron chi connectivity index (χ4n) is 2.77. The van der Waals surface area contributed by atoms with E-state index in [4.69, 9.17) is 6.42 Å². The molecule has 0 aromatic carbocycles. The van der Waals surface area contributed by atoms with Crippen molar-refractivity contribution in [3.63, 3.8) is 0 Å². The van der Waals surface area contributed by atoms with Crippen LogP contribution in [-0.2, 0) is 4.79 Å². The lowest BCUT2D eigenvalue weighted by molar-refractivity contribution is -0.136. The van der Waals surface area contributed by atoms with Gasteiger partial charge in [-0.3, -0.25) is 9.69 Å². The largest absolute Gasteiger partial charge is 0.339 e. The highest BCUT2D eigenvalue weighted by Gasteiger charge is 2.29. The Morgan fingerprint density at radius 3 is 2.72 bits per heavy atom. The Bertz CT molecular complexity index is 328. The number of nitrogens with one attached hydrogen (secondary N) is 1. The van der Waals surface area contributed by atoms with Crippen LogP contribution in [0.1, 0.15) is 19.8 Å². The molecule has 2 rings (SSSR count). The minimum Gasteiger partial charge on any atom is -0.339 e. The number of carbonyl (C=O) groups is 1. The first-order chi connectivity index (χ1) is 8.70. The van der Waals surface area contributed by atoms with E-state index in [1.807, 2.05) is 4.90 Å². The molecule has 2 aliphatic heterocycles. The Hall–Kier alpha value is -1.05. The lowest BCUT2D eigenvalue weighted by atomic mass is 9.93. The lowest BCUT2D eigenvalue weighted by Crippen LogP contribution is -2.55. The van der Waals surface area contributed by atoms with Gasteiger partial charge in [-0.05, 0) is 25.3 Å². The molecule has 0 aromatic heterocycles. The number of terminal acetylenes is 1. The zero-order valence-corrected chi connectivity index (χ0v) is 11.2. The van der Waals surface area contributed by atoms with Gasteiger partial charge < -0.3 is 10.2 Å². The standard InChI is InChI=1S/C14H23N3O/c1-3-6-16-7-9-17(10-8-16)14(18)13-11-12(2)4-5-15-13/h1,12-13,15H,4-11H2,2H3. The first-order valence-corrected chi connectivity index (χ1v) is 6.88. The molecule has 0 bridgehead atoms. The van der Waals surface area contributed by atoms with E-state index in [9.17, 15) is 4.79 Å². The van der Waals surface area contributed by atoms with Gasteiger partial charge in [0.15, 0.2) is 0 Å². The molecule has 0 saturated carbocycles. The summed E-state index contributed by atoms with van der Waals surface area (Å²) in [6.07, 6.45) is 7.46. The van der Waals surface area contributed by atoms with E-state index < -0.39 is 0 Å². The van der Waals surface area contributed by atoms with Gasteiger partial charge in [0.1, 0.15) is 0 Å². The van der Waals surface area contributed by atoms with Gasteiger partial charge in [0.2, 0.25) is 5.91 Å². The normalized spacial score (nSPS) is 29.9. The summed E-state index contributed by atoms with van der Waals surface area (Å²) >= 11 is 0. The lowest BCUT2D eigenvalue weighted by Gasteiger charge is -2.37. The number of piperidine rings is 1. The predicted octanol–water partition coefficient (Wildman–Crippen LogP) is 0.152. The van der Waals surface area contributed by atoms with Crippen LogP contribution in [0.15, 0.2) is 0 Å². The van der Waals surface area contributed by atoms with Crippen molar-refractivity contribution in [2.24, 2.45) is 5.92 Å². The highest BCUT2D eigenvalue weighted by molar-refractivity contribution is 5.82. The third-order valence-electron chi connectivity index (χ3n) is 3.96. The number of amides is 1. The second-order valence-electron chi connectivity index (χ2n) is 5.44. The molecule has 4 heteroatoms. The van der Waals surface area contributed by atoms with Crippen LogP contribution in [0.3, 0.4) is 0 Å². The smallest absolute Gasteiger partial charge is 0.239 e. The summed E-state index contributed by atoms with van der Waals surface area (Å²) < 4.78 is 0. The van der Waals surface area contributed by atoms with Gasteiger partial charge >= 0.3 is 0 Å². The van der Waals surface area contributed by atoms with Crippen LogP contribution in [0.25, 0.3) is 0 Å². The Morgan fingerprint density at radius 2 is 2.11 bits per heavy atom. The monoisotopic (exact) mass is 249 g/mol. The van der Waals surface area contributed by atoms with E-state index in [1.54, 1.807) is 0 Å². The summed E-state index contributed by atoms with van der Waals surface area (Å²) in [5, 5.41) is 3.35. The maximum absolute atomic E-state index is 12.4. The maximum atomic E-state index is 12.4. The van der Waals surface area contributed by atoms with Crippen LogP contribution in [0.5, 0.6) is 0 Å².